The van der Waals surface area contributed by atoms with E-state index in [1.54, 1.807) is 10.9 Å². The van der Waals surface area contributed by atoms with Crippen LogP contribution in [-0.4, -0.2) is 39.8 Å². The number of likely N-dealkylation sites (N-methyl/N-ethyl adjacent to an activating group) is 1. The number of hydrogen-bond donors (Lipinski definition) is 1. The Kier molecular flexibility index (Phi) is 4.59. The van der Waals surface area contributed by atoms with Crippen molar-refractivity contribution in [2.75, 3.05) is 20.1 Å². The first-order valence-corrected chi connectivity index (χ1v) is 8.75. The van der Waals surface area contributed by atoms with Gasteiger partial charge in [0.1, 0.15) is 0 Å². The maximum absolute atomic E-state index is 4.54. The predicted octanol–water partition coefficient (Wildman–Crippen LogP) is 2.59. The van der Waals surface area contributed by atoms with Crippen LogP contribution in [0, 0.1) is 0 Å². The molecule has 1 aromatic carbocycles. The molecule has 2 aromatic heterocycles. The molecule has 1 atom stereocenters. The third kappa shape index (κ3) is 3.48. The molecule has 0 radical (unpaired) electrons. The molecule has 25 heavy (non-hydrogen) atoms. The average molecular weight is 333 g/mol. The van der Waals surface area contributed by atoms with Crippen LogP contribution in [-0.2, 0) is 13.0 Å². The van der Waals surface area contributed by atoms with Crippen LogP contribution in [0.1, 0.15) is 22.7 Å². The van der Waals surface area contributed by atoms with Crippen molar-refractivity contribution in [2.45, 2.75) is 19.0 Å². The molecule has 0 spiro atoms. The molecule has 0 fully saturated rings. The van der Waals surface area contributed by atoms with Crippen LogP contribution in [0.3, 0.4) is 0 Å². The highest BCUT2D eigenvalue weighted by Crippen LogP contribution is 2.26. The number of aromatic nitrogens is 3. The fraction of sp³-hybridized carbons (Fsp3) is 0.300. The summed E-state index contributed by atoms with van der Waals surface area (Å²) in [4.78, 5) is 6.94. The van der Waals surface area contributed by atoms with Gasteiger partial charge in [-0.25, -0.2) is 9.67 Å². The Bertz CT molecular complexity index is 810. The molecular weight excluding hydrogens is 310 g/mol. The minimum absolute atomic E-state index is 0.379. The molecular formula is C20H23N5. The van der Waals surface area contributed by atoms with Crippen LogP contribution in [0.5, 0.6) is 0 Å². The zero-order valence-electron chi connectivity index (χ0n) is 14.5. The Morgan fingerprint density at radius 2 is 2.12 bits per heavy atom. The highest BCUT2D eigenvalue weighted by atomic mass is 15.3. The number of nitrogens with zero attached hydrogens (tertiary/aromatic N) is 4. The van der Waals surface area contributed by atoms with Gasteiger partial charge in [0.2, 0.25) is 0 Å². The SMILES string of the molecule is CN(Cc1ccc(-n2cccn2)nc1)C1CNCCc2ccccc21. The molecule has 0 saturated heterocycles. The normalized spacial score (nSPS) is 17.3. The van der Waals surface area contributed by atoms with E-state index in [1.165, 1.54) is 16.7 Å². The summed E-state index contributed by atoms with van der Waals surface area (Å²) >= 11 is 0. The van der Waals surface area contributed by atoms with Gasteiger partial charge in [0.15, 0.2) is 5.82 Å². The predicted molar refractivity (Wildman–Crippen MR) is 98.6 cm³/mol. The molecule has 1 aliphatic heterocycles. The quantitative estimate of drug-likeness (QED) is 0.797. The van der Waals surface area contributed by atoms with Gasteiger partial charge in [-0.2, -0.15) is 5.10 Å². The molecule has 0 saturated carbocycles. The van der Waals surface area contributed by atoms with E-state index in [-0.39, 0.29) is 0 Å². The summed E-state index contributed by atoms with van der Waals surface area (Å²) in [5, 5.41) is 7.79. The van der Waals surface area contributed by atoms with Gasteiger partial charge in [0, 0.05) is 37.7 Å². The van der Waals surface area contributed by atoms with Gasteiger partial charge in [-0.3, -0.25) is 4.90 Å². The van der Waals surface area contributed by atoms with Gasteiger partial charge in [-0.05, 0) is 48.8 Å². The van der Waals surface area contributed by atoms with Gasteiger partial charge in [0.25, 0.3) is 0 Å². The van der Waals surface area contributed by atoms with E-state index in [0.29, 0.717) is 6.04 Å². The Hall–Kier alpha value is -2.50. The highest BCUT2D eigenvalue weighted by Gasteiger charge is 2.22. The zero-order chi connectivity index (χ0) is 17.1. The minimum Gasteiger partial charge on any atom is -0.314 e. The summed E-state index contributed by atoms with van der Waals surface area (Å²) in [6.07, 6.45) is 6.71. The maximum Gasteiger partial charge on any atom is 0.153 e. The van der Waals surface area contributed by atoms with Crippen molar-refractivity contribution in [1.29, 1.82) is 0 Å². The van der Waals surface area contributed by atoms with Crippen LogP contribution in [0.25, 0.3) is 5.82 Å². The lowest BCUT2D eigenvalue weighted by molar-refractivity contribution is 0.233. The second-order valence-electron chi connectivity index (χ2n) is 6.56. The zero-order valence-corrected chi connectivity index (χ0v) is 14.5. The Labute approximate surface area is 148 Å². The summed E-state index contributed by atoms with van der Waals surface area (Å²) < 4.78 is 1.78. The fourth-order valence-corrected chi connectivity index (χ4v) is 3.50. The third-order valence-electron chi connectivity index (χ3n) is 4.84. The van der Waals surface area contributed by atoms with E-state index in [4.69, 9.17) is 0 Å². The van der Waals surface area contributed by atoms with E-state index in [2.05, 4.69) is 57.7 Å². The molecule has 0 aliphatic carbocycles. The van der Waals surface area contributed by atoms with Gasteiger partial charge >= 0.3 is 0 Å². The lowest BCUT2D eigenvalue weighted by atomic mass is 9.98. The first-order valence-electron chi connectivity index (χ1n) is 8.75. The van der Waals surface area contributed by atoms with Gasteiger partial charge in [-0.15, -0.1) is 0 Å². The maximum atomic E-state index is 4.54. The van der Waals surface area contributed by atoms with Crippen LogP contribution >= 0.6 is 0 Å². The first-order chi connectivity index (χ1) is 12.3. The van der Waals surface area contributed by atoms with E-state index >= 15 is 0 Å². The topological polar surface area (TPSA) is 46.0 Å². The van der Waals surface area contributed by atoms with Gasteiger partial charge in [-0.1, -0.05) is 30.3 Å². The Morgan fingerprint density at radius 3 is 2.92 bits per heavy atom. The lowest BCUT2D eigenvalue weighted by Crippen LogP contribution is -2.32. The van der Waals surface area contributed by atoms with Crippen molar-refractivity contribution in [3.63, 3.8) is 0 Å². The van der Waals surface area contributed by atoms with Crippen molar-refractivity contribution in [3.8, 4) is 5.82 Å². The standard InChI is InChI=1S/C20H23N5/c1-24(19-14-21-11-9-17-5-2-3-6-18(17)19)15-16-7-8-20(22-13-16)25-12-4-10-23-25/h2-8,10,12-13,19,21H,9,11,14-15H2,1H3. The smallest absolute Gasteiger partial charge is 0.153 e. The van der Waals surface area contributed by atoms with Crippen molar-refractivity contribution in [2.24, 2.45) is 0 Å². The Balaban J connectivity index is 1.51. The number of fused-ring (bicyclic) bond motifs is 1. The number of nitrogens with one attached hydrogen (secondary N) is 1. The van der Waals surface area contributed by atoms with E-state index in [1.807, 2.05) is 24.5 Å². The molecule has 4 rings (SSSR count). The summed E-state index contributed by atoms with van der Waals surface area (Å²) in [5.41, 5.74) is 4.10. The van der Waals surface area contributed by atoms with Crippen molar-refractivity contribution in [3.05, 3.63) is 77.7 Å². The first kappa shape index (κ1) is 16.0. The van der Waals surface area contributed by atoms with Crippen LogP contribution in [0.2, 0.25) is 0 Å². The summed E-state index contributed by atoms with van der Waals surface area (Å²) in [6.45, 7) is 2.89. The van der Waals surface area contributed by atoms with Crippen LogP contribution in [0.15, 0.2) is 61.1 Å². The number of benzene rings is 1. The molecule has 0 amide bonds. The molecule has 1 unspecified atom stereocenters. The molecule has 3 heterocycles. The monoisotopic (exact) mass is 333 g/mol. The van der Waals surface area contributed by atoms with Crippen molar-refractivity contribution < 1.29 is 0 Å². The number of pyridine rings is 1. The molecule has 0 bridgehead atoms. The highest BCUT2D eigenvalue weighted by molar-refractivity contribution is 5.32. The largest absolute Gasteiger partial charge is 0.314 e. The summed E-state index contributed by atoms with van der Waals surface area (Å²) in [7, 11) is 2.19. The minimum atomic E-state index is 0.379. The van der Waals surface area contributed by atoms with Crippen LogP contribution < -0.4 is 5.32 Å². The van der Waals surface area contributed by atoms with Gasteiger partial charge in [0.05, 0.1) is 0 Å². The van der Waals surface area contributed by atoms with Gasteiger partial charge < -0.3 is 5.32 Å². The average Bonchev–Trinajstić information content (AvgIpc) is 3.09. The second-order valence-corrected chi connectivity index (χ2v) is 6.56. The van der Waals surface area contributed by atoms with Crippen LogP contribution in [0.4, 0.5) is 0 Å². The van der Waals surface area contributed by atoms with E-state index in [0.717, 1.165) is 31.9 Å². The fourth-order valence-electron chi connectivity index (χ4n) is 3.50. The summed E-state index contributed by atoms with van der Waals surface area (Å²) in [6, 6.07) is 15.2. The lowest BCUT2D eigenvalue weighted by Gasteiger charge is -2.28. The number of hydrogen-bond acceptors (Lipinski definition) is 4. The molecule has 1 N–H and O–H groups in total. The van der Waals surface area contributed by atoms with Crippen molar-refractivity contribution >= 4 is 0 Å². The number of rotatable bonds is 4. The third-order valence-corrected chi connectivity index (χ3v) is 4.84. The molecule has 5 nitrogen and oxygen atoms in total. The molecule has 128 valence electrons. The van der Waals surface area contributed by atoms with Crippen molar-refractivity contribution in [1.82, 2.24) is 25.0 Å². The Morgan fingerprint density at radius 1 is 1.20 bits per heavy atom. The van der Waals surface area contributed by atoms with E-state index < -0.39 is 0 Å². The van der Waals surface area contributed by atoms with E-state index in [9.17, 15) is 0 Å². The second kappa shape index (κ2) is 7.17. The molecule has 5 heteroatoms. The summed E-state index contributed by atoms with van der Waals surface area (Å²) in [5.74, 6) is 0.845. The molecule has 1 aliphatic rings. The molecule has 3 aromatic rings.